The van der Waals surface area contributed by atoms with Crippen LogP contribution in [0.15, 0.2) is 53.4 Å². The van der Waals surface area contributed by atoms with Crippen molar-refractivity contribution < 1.29 is 18.0 Å². The van der Waals surface area contributed by atoms with Crippen molar-refractivity contribution in [2.45, 2.75) is 57.6 Å². The summed E-state index contributed by atoms with van der Waals surface area (Å²) in [5.41, 5.74) is 1.38. The largest absolute Gasteiger partial charge is 0.350 e. The van der Waals surface area contributed by atoms with Crippen LogP contribution in [0, 0.1) is 6.92 Å². The number of hydrogen-bond donors (Lipinski definition) is 1. The second-order valence-electron chi connectivity index (χ2n) is 9.08. The maximum Gasteiger partial charge on any atom is 0.243 e. The van der Waals surface area contributed by atoms with Crippen LogP contribution in [-0.2, 0) is 26.2 Å². The molecule has 0 aromatic heterocycles. The smallest absolute Gasteiger partial charge is 0.243 e. The number of carbonyl (C=O) groups is 2. The van der Waals surface area contributed by atoms with Gasteiger partial charge in [-0.25, -0.2) is 8.42 Å². The minimum atomic E-state index is -3.91. The van der Waals surface area contributed by atoms with Crippen LogP contribution in [0.1, 0.15) is 38.8 Å². The number of aryl methyl sites for hydroxylation is 1. The van der Waals surface area contributed by atoms with Crippen LogP contribution < -0.4 is 5.32 Å². The highest BCUT2D eigenvalue weighted by atomic mass is 35.5. The molecule has 0 aliphatic heterocycles. The van der Waals surface area contributed by atoms with E-state index in [-0.39, 0.29) is 17.3 Å². The number of nitrogens with zero attached hydrogens (tertiary/aromatic N) is 2. The van der Waals surface area contributed by atoms with E-state index in [9.17, 15) is 18.0 Å². The quantitative estimate of drug-likeness (QED) is 0.608. The molecule has 0 unspecified atom stereocenters. The van der Waals surface area contributed by atoms with Crippen LogP contribution in [0.2, 0.25) is 5.02 Å². The van der Waals surface area contributed by atoms with E-state index in [0.717, 1.165) is 15.4 Å². The Bertz CT molecular complexity index is 1100. The van der Waals surface area contributed by atoms with E-state index in [1.165, 1.54) is 36.2 Å². The first-order valence-corrected chi connectivity index (χ1v) is 12.4. The Labute approximate surface area is 201 Å². The molecule has 0 saturated heterocycles. The number of rotatable bonds is 8. The molecule has 0 spiro atoms. The normalized spacial score (nSPS) is 13.0. The van der Waals surface area contributed by atoms with Crippen molar-refractivity contribution in [2.75, 3.05) is 13.6 Å². The Kier molecular flexibility index (Phi) is 8.68. The summed E-state index contributed by atoms with van der Waals surface area (Å²) in [6.07, 6.45) is 0. The van der Waals surface area contributed by atoms with Crippen LogP contribution in [0.3, 0.4) is 0 Å². The molecule has 1 N–H and O–H groups in total. The van der Waals surface area contributed by atoms with E-state index < -0.39 is 34.1 Å². The molecule has 180 valence electrons. The summed E-state index contributed by atoms with van der Waals surface area (Å²) in [5, 5.41) is 3.30. The van der Waals surface area contributed by atoms with Gasteiger partial charge in [0.15, 0.2) is 0 Å². The first-order valence-electron chi connectivity index (χ1n) is 10.6. The van der Waals surface area contributed by atoms with Gasteiger partial charge in [-0.2, -0.15) is 4.31 Å². The second-order valence-corrected chi connectivity index (χ2v) is 11.6. The van der Waals surface area contributed by atoms with Crippen molar-refractivity contribution in [3.05, 3.63) is 64.7 Å². The second kappa shape index (κ2) is 10.7. The average molecular weight is 494 g/mol. The van der Waals surface area contributed by atoms with Crippen LogP contribution in [0.5, 0.6) is 0 Å². The number of halogens is 1. The summed E-state index contributed by atoms with van der Waals surface area (Å²) in [5.74, 6) is -0.789. The molecule has 9 heteroatoms. The fourth-order valence-corrected chi connectivity index (χ4v) is 4.43. The van der Waals surface area contributed by atoms with Crippen molar-refractivity contribution in [2.24, 2.45) is 0 Å². The molecule has 33 heavy (non-hydrogen) atoms. The van der Waals surface area contributed by atoms with Crippen LogP contribution >= 0.6 is 11.6 Å². The molecule has 2 amide bonds. The van der Waals surface area contributed by atoms with Gasteiger partial charge in [-0.1, -0.05) is 35.9 Å². The molecular formula is C24H32ClN3O4S. The Morgan fingerprint density at radius 3 is 2.18 bits per heavy atom. The van der Waals surface area contributed by atoms with E-state index >= 15 is 0 Å². The van der Waals surface area contributed by atoms with Crippen molar-refractivity contribution >= 4 is 33.4 Å². The highest BCUT2D eigenvalue weighted by Crippen LogP contribution is 2.19. The van der Waals surface area contributed by atoms with Crippen LogP contribution in [0.25, 0.3) is 0 Å². The van der Waals surface area contributed by atoms with Gasteiger partial charge in [0, 0.05) is 24.2 Å². The fraction of sp³-hybridized carbons (Fsp3) is 0.417. The number of sulfonamides is 1. The number of amides is 2. The zero-order valence-corrected chi connectivity index (χ0v) is 21.5. The third-order valence-corrected chi connectivity index (χ3v) is 7.22. The van der Waals surface area contributed by atoms with E-state index in [1.54, 1.807) is 6.92 Å². The zero-order valence-electron chi connectivity index (χ0n) is 19.9. The summed E-state index contributed by atoms with van der Waals surface area (Å²) >= 11 is 5.86. The van der Waals surface area contributed by atoms with Gasteiger partial charge in [0.25, 0.3) is 0 Å². The highest BCUT2D eigenvalue weighted by Gasteiger charge is 2.31. The summed E-state index contributed by atoms with van der Waals surface area (Å²) in [6.45, 7) is 8.91. The number of carbonyl (C=O) groups excluding carboxylic acids is 2. The molecule has 2 rings (SSSR count). The van der Waals surface area contributed by atoms with E-state index in [4.69, 9.17) is 11.6 Å². The summed E-state index contributed by atoms with van der Waals surface area (Å²) in [4.78, 5) is 27.6. The molecule has 2 aromatic carbocycles. The van der Waals surface area contributed by atoms with Crippen molar-refractivity contribution in [1.82, 2.24) is 14.5 Å². The lowest BCUT2D eigenvalue weighted by Crippen LogP contribution is -2.54. The molecule has 0 aliphatic carbocycles. The Balaban J connectivity index is 2.31. The first-order chi connectivity index (χ1) is 15.2. The number of hydrogen-bond acceptors (Lipinski definition) is 4. The van der Waals surface area contributed by atoms with Gasteiger partial charge in [-0.15, -0.1) is 0 Å². The van der Waals surface area contributed by atoms with Gasteiger partial charge in [-0.3, -0.25) is 9.59 Å². The average Bonchev–Trinajstić information content (AvgIpc) is 2.71. The minimum Gasteiger partial charge on any atom is -0.350 e. The fourth-order valence-electron chi connectivity index (χ4n) is 3.18. The summed E-state index contributed by atoms with van der Waals surface area (Å²) < 4.78 is 26.9. The SMILES string of the molecule is Cc1ccccc1CN(C(=O)CN(C)S(=O)(=O)c1ccc(Cl)cc1)[C@H](C)C(=O)NC(C)(C)C. The topological polar surface area (TPSA) is 86.8 Å². The maximum absolute atomic E-state index is 13.3. The highest BCUT2D eigenvalue weighted by molar-refractivity contribution is 7.89. The Morgan fingerprint density at radius 1 is 1.06 bits per heavy atom. The van der Waals surface area contributed by atoms with Crippen molar-refractivity contribution in [3.63, 3.8) is 0 Å². The van der Waals surface area contributed by atoms with Crippen LogP contribution in [-0.4, -0.2) is 54.6 Å². The minimum absolute atomic E-state index is 0.0335. The monoisotopic (exact) mass is 493 g/mol. The van der Waals surface area contributed by atoms with E-state index in [1.807, 2.05) is 52.0 Å². The molecule has 0 heterocycles. The summed E-state index contributed by atoms with van der Waals surface area (Å²) in [7, 11) is -2.57. The lowest BCUT2D eigenvalue weighted by Gasteiger charge is -2.32. The molecule has 7 nitrogen and oxygen atoms in total. The van der Waals surface area contributed by atoms with E-state index in [2.05, 4.69) is 5.32 Å². The van der Waals surface area contributed by atoms with Crippen LogP contribution in [0.4, 0.5) is 0 Å². The molecule has 0 bridgehead atoms. The third kappa shape index (κ3) is 7.28. The molecular weight excluding hydrogens is 462 g/mol. The molecule has 0 radical (unpaired) electrons. The van der Waals surface area contributed by atoms with E-state index in [0.29, 0.717) is 5.02 Å². The maximum atomic E-state index is 13.3. The van der Waals surface area contributed by atoms with Gasteiger partial charge in [0.2, 0.25) is 21.8 Å². The standard InChI is InChI=1S/C24H32ClN3O4S/c1-17-9-7-8-10-19(17)15-28(18(2)23(30)26-24(3,4)5)22(29)16-27(6)33(31,32)21-13-11-20(25)12-14-21/h7-14,18H,15-16H2,1-6H3,(H,26,30)/t18-/m1/s1. The molecule has 1 atom stereocenters. The first kappa shape index (κ1) is 26.8. The third-order valence-electron chi connectivity index (χ3n) is 5.15. The van der Waals surface area contributed by atoms with Gasteiger partial charge in [-0.05, 0) is 70.0 Å². The zero-order chi connectivity index (χ0) is 25.0. The molecule has 0 saturated carbocycles. The number of benzene rings is 2. The lowest BCUT2D eigenvalue weighted by molar-refractivity contribution is -0.141. The Morgan fingerprint density at radius 2 is 1.64 bits per heavy atom. The summed E-state index contributed by atoms with van der Waals surface area (Å²) in [6, 6.07) is 12.5. The molecule has 0 aliphatic rings. The number of likely N-dealkylation sites (N-methyl/N-ethyl adjacent to an activating group) is 1. The van der Waals surface area contributed by atoms with Crippen molar-refractivity contribution in [3.8, 4) is 0 Å². The lowest BCUT2D eigenvalue weighted by atomic mass is 10.1. The van der Waals surface area contributed by atoms with Crippen molar-refractivity contribution in [1.29, 1.82) is 0 Å². The van der Waals surface area contributed by atoms with Gasteiger partial charge < -0.3 is 10.2 Å². The van der Waals surface area contributed by atoms with Gasteiger partial charge >= 0.3 is 0 Å². The van der Waals surface area contributed by atoms with Gasteiger partial charge in [0.05, 0.1) is 11.4 Å². The Hall–Kier alpha value is -2.42. The molecule has 0 fully saturated rings. The molecule has 2 aromatic rings. The number of nitrogens with one attached hydrogen (secondary N) is 1. The van der Waals surface area contributed by atoms with Gasteiger partial charge in [0.1, 0.15) is 6.04 Å². The predicted molar refractivity (Wildman–Crippen MR) is 130 cm³/mol. The predicted octanol–water partition coefficient (Wildman–Crippen LogP) is 3.60.